The number of benzene rings is 1. The van der Waals surface area contributed by atoms with Gasteiger partial charge in [-0.1, -0.05) is 30.3 Å². The number of rotatable bonds is 5. The Morgan fingerprint density at radius 1 is 1.28 bits per heavy atom. The molecule has 0 N–H and O–H groups in total. The minimum Gasteiger partial charge on any atom is -0.347 e. The van der Waals surface area contributed by atoms with Crippen molar-refractivity contribution >= 4 is 15.9 Å². The zero-order valence-electron chi connectivity index (χ0n) is 14.4. The van der Waals surface area contributed by atoms with Gasteiger partial charge < -0.3 is 4.90 Å². The van der Waals surface area contributed by atoms with Gasteiger partial charge in [0.1, 0.15) is 10.9 Å². The third kappa shape index (κ3) is 3.59. The van der Waals surface area contributed by atoms with Crippen molar-refractivity contribution in [3.05, 3.63) is 48.3 Å². The summed E-state index contributed by atoms with van der Waals surface area (Å²) in [5.74, 6) is -0.183. The summed E-state index contributed by atoms with van der Waals surface area (Å²) < 4.78 is 28.8. The van der Waals surface area contributed by atoms with Crippen LogP contribution < -0.4 is 0 Å². The molecule has 1 aliphatic heterocycles. The number of hydrogen-bond donors (Lipinski definition) is 0. The lowest BCUT2D eigenvalue weighted by Gasteiger charge is -2.25. The molecule has 7 nitrogen and oxygen atoms in total. The Morgan fingerprint density at radius 2 is 2.00 bits per heavy atom. The number of amides is 1. The fraction of sp³-hybridized carbons (Fsp3) is 0.412. The Bertz CT molecular complexity index is 846. The maximum absolute atomic E-state index is 12.9. The van der Waals surface area contributed by atoms with Crippen LogP contribution in [0.4, 0.5) is 0 Å². The van der Waals surface area contributed by atoms with Crippen LogP contribution in [0, 0.1) is 0 Å². The second kappa shape index (κ2) is 6.97. The second-order valence-corrected chi connectivity index (χ2v) is 8.26. The quantitative estimate of drug-likeness (QED) is 0.800. The lowest BCUT2D eigenvalue weighted by Crippen LogP contribution is -2.45. The molecule has 3 rings (SSSR count). The molecule has 1 aromatic heterocycles. The fourth-order valence-electron chi connectivity index (χ4n) is 3.04. The van der Waals surface area contributed by atoms with Crippen molar-refractivity contribution in [2.45, 2.75) is 30.3 Å². The largest absolute Gasteiger partial charge is 0.347 e. The summed E-state index contributed by atoms with van der Waals surface area (Å²) in [6, 6.07) is 9.08. The number of hydrogen-bond acceptors (Lipinski definition) is 4. The van der Waals surface area contributed by atoms with Crippen LogP contribution in [-0.4, -0.2) is 60.0 Å². The zero-order chi connectivity index (χ0) is 18.0. The van der Waals surface area contributed by atoms with Gasteiger partial charge in [-0.15, -0.1) is 0 Å². The third-order valence-corrected chi connectivity index (χ3v) is 6.19. The van der Waals surface area contributed by atoms with Crippen molar-refractivity contribution in [3.8, 4) is 0 Å². The molecule has 8 heteroatoms. The van der Waals surface area contributed by atoms with Gasteiger partial charge in [0.15, 0.2) is 0 Å². The van der Waals surface area contributed by atoms with Crippen molar-refractivity contribution in [2.24, 2.45) is 0 Å². The van der Waals surface area contributed by atoms with Crippen LogP contribution in [0.25, 0.3) is 0 Å². The van der Waals surface area contributed by atoms with E-state index in [2.05, 4.69) is 5.10 Å². The molecule has 25 heavy (non-hydrogen) atoms. The molecule has 1 fully saturated rings. The fourth-order valence-corrected chi connectivity index (χ4v) is 4.65. The summed E-state index contributed by atoms with van der Waals surface area (Å²) in [4.78, 5) is 13.8. The Kier molecular flexibility index (Phi) is 4.91. The number of carbonyl (C=O) groups is 1. The van der Waals surface area contributed by atoms with E-state index in [0.29, 0.717) is 25.9 Å². The molecular formula is C17H22N4O3S. The first-order chi connectivity index (χ1) is 11.9. The molecule has 1 amide bonds. The molecule has 134 valence electrons. The number of carbonyl (C=O) groups excluding carboxylic acids is 1. The van der Waals surface area contributed by atoms with Crippen LogP contribution in [0.1, 0.15) is 18.4 Å². The number of sulfonamides is 1. The summed E-state index contributed by atoms with van der Waals surface area (Å²) in [7, 11) is -0.451. The average molecular weight is 362 g/mol. The number of nitrogens with zero attached hydrogens (tertiary/aromatic N) is 4. The Hall–Kier alpha value is -2.19. The second-order valence-electron chi connectivity index (χ2n) is 6.37. The third-order valence-electron chi connectivity index (χ3n) is 4.33. The Morgan fingerprint density at radius 3 is 2.68 bits per heavy atom. The van der Waals surface area contributed by atoms with Gasteiger partial charge in [-0.3, -0.25) is 9.48 Å². The van der Waals surface area contributed by atoms with E-state index in [1.807, 2.05) is 30.3 Å². The molecule has 0 bridgehead atoms. The lowest BCUT2D eigenvalue weighted by atomic mass is 10.2. The van der Waals surface area contributed by atoms with Gasteiger partial charge in [0, 0.05) is 26.8 Å². The van der Waals surface area contributed by atoms with Crippen LogP contribution in [0.2, 0.25) is 0 Å². The molecule has 1 saturated heterocycles. The molecule has 1 aliphatic rings. The molecule has 2 aromatic rings. The van der Waals surface area contributed by atoms with Gasteiger partial charge in [-0.05, 0) is 18.4 Å². The maximum Gasteiger partial charge on any atom is 0.246 e. The van der Waals surface area contributed by atoms with Crippen molar-refractivity contribution in [2.75, 3.05) is 20.6 Å². The van der Waals surface area contributed by atoms with E-state index >= 15 is 0 Å². The van der Waals surface area contributed by atoms with E-state index in [0.717, 1.165) is 5.56 Å². The molecule has 0 saturated carbocycles. The van der Waals surface area contributed by atoms with Crippen LogP contribution in [0.5, 0.6) is 0 Å². The molecule has 1 unspecified atom stereocenters. The van der Waals surface area contributed by atoms with Gasteiger partial charge in [0.25, 0.3) is 0 Å². The first-order valence-electron chi connectivity index (χ1n) is 8.19. The Balaban J connectivity index is 1.82. The highest BCUT2D eigenvalue weighted by atomic mass is 32.2. The van der Waals surface area contributed by atoms with Crippen molar-refractivity contribution in [1.29, 1.82) is 0 Å². The summed E-state index contributed by atoms with van der Waals surface area (Å²) in [6.07, 6.45) is 4.11. The van der Waals surface area contributed by atoms with E-state index in [-0.39, 0.29) is 10.8 Å². The maximum atomic E-state index is 12.9. The molecule has 0 radical (unpaired) electrons. The van der Waals surface area contributed by atoms with Gasteiger partial charge in [-0.25, -0.2) is 8.42 Å². The van der Waals surface area contributed by atoms with Crippen molar-refractivity contribution in [1.82, 2.24) is 19.0 Å². The van der Waals surface area contributed by atoms with Crippen molar-refractivity contribution in [3.63, 3.8) is 0 Å². The van der Waals surface area contributed by atoms with E-state index < -0.39 is 16.1 Å². The molecular weight excluding hydrogens is 340 g/mol. The molecule has 2 heterocycles. The first kappa shape index (κ1) is 17.6. The topological polar surface area (TPSA) is 75.5 Å². The minimum absolute atomic E-state index is 0.127. The summed E-state index contributed by atoms with van der Waals surface area (Å²) in [5, 5.41) is 4.17. The highest BCUT2D eigenvalue weighted by Crippen LogP contribution is 2.26. The molecule has 1 atom stereocenters. The first-order valence-corrected chi connectivity index (χ1v) is 9.63. The SMILES string of the molecule is CN(C)C(=O)C1CCCN1S(=O)(=O)c1cnn(Cc2ccccc2)c1. The van der Waals surface area contributed by atoms with Crippen LogP contribution in [0.15, 0.2) is 47.6 Å². The number of likely N-dealkylation sites (N-methyl/N-ethyl adjacent to an activating group) is 1. The minimum atomic E-state index is -3.74. The normalized spacial score (nSPS) is 18.4. The smallest absolute Gasteiger partial charge is 0.246 e. The van der Waals surface area contributed by atoms with E-state index in [1.165, 1.54) is 21.6 Å². The van der Waals surface area contributed by atoms with Crippen LogP contribution in [-0.2, 0) is 21.4 Å². The summed E-state index contributed by atoms with van der Waals surface area (Å²) in [6.45, 7) is 0.854. The van der Waals surface area contributed by atoms with Gasteiger partial charge in [0.2, 0.25) is 15.9 Å². The van der Waals surface area contributed by atoms with Gasteiger partial charge in [-0.2, -0.15) is 9.40 Å². The van der Waals surface area contributed by atoms with Gasteiger partial charge >= 0.3 is 0 Å². The highest BCUT2D eigenvalue weighted by Gasteiger charge is 2.40. The number of aromatic nitrogens is 2. The monoisotopic (exact) mass is 362 g/mol. The van der Waals surface area contributed by atoms with Crippen LogP contribution >= 0.6 is 0 Å². The summed E-state index contributed by atoms with van der Waals surface area (Å²) >= 11 is 0. The van der Waals surface area contributed by atoms with Gasteiger partial charge in [0.05, 0.1) is 12.7 Å². The molecule has 0 spiro atoms. The molecule has 1 aromatic carbocycles. The standard InChI is InChI=1S/C17H22N4O3S/c1-19(2)17(22)16-9-6-10-21(16)25(23,24)15-11-18-20(13-15)12-14-7-4-3-5-8-14/h3-5,7-8,11,13,16H,6,9-10,12H2,1-2H3. The predicted molar refractivity (Wildman–Crippen MR) is 93.4 cm³/mol. The Labute approximate surface area is 147 Å². The average Bonchev–Trinajstić information content (AvgIpc) is 3.24. The van der Waals surface area contributed by atoms with E-state index in [4.69, 9.17) is 0 Å². The highest BCUT2D eigenvalue weighted by molar-refractivity contribution is 7.89. The zero-order valence-corrected chi connectivity index (χ0v) is 15.2. The van der Waals surface area contributed by atoms with Crippen molar-refractivity contribution < 1.29 is 13.2 Å². The lowest BCUT2D eigenvalue weighted by molar-refractivity contribution is -0.132. The summed E-state index contributed by atoms with van der Waals surface area (Å²) in [5.41, 5.74) is 1.04. The van der Waals surface area contributed by atoms with E-state index in [1.54, 1.807) is 18.8 Å². The predicted octanol–water partition coefficient (Wildman–Crippen LogP) is 1.17. The molecule has 0 aliphatic carbocycles. The van der Waals surface area contributed by atoms with Crippen LogP contribution in [0.3, 0.4) is 0 Å². The van der Waals surface area contributed by atoms with E-state index in [9.17, 15) is 13.2 Å².